The molecule has 0 aliphatic rings. The van der Waals surface area contributed by atoms with Gasteiger partial charge in [-0.3, -0.25) is 4.79 Å². The van der Waals surface area contributed by atoms with E-state index in [9.17, 15) is 4.79 Å². The van der Waals surface area contributed by atoms with Crippen LogP contribution in [0.1, 0.15) is 49.9 Å². The first-order chi connectivity index (χ1) is 10.2. The van der Waals surface area contributed by atoms with Crippen molar-refractivity contribution in [2.24, 2.45) is 5.92 Å². The second-order valence-corrected chi connectivity index (χ2v) is 5.20. The van der Waals surface area contributed by atoms with Gasteiger partial charge in [0.15, 0.2) is 11.5 Å². The van der Waals surface area contributed by atoms with Crippen molar-refractivity contribution in [2.75, 3.05) is 20.8 Å². The summed E-state index contributed by atoms with van der Waals surface area (Å²) in [5.74, 6) is 1.69. The average molecular weight is 293 g/mol. The van der Waals surface area contributed by atoms with E-state index in [2.05, 4.69) is 19.2 Å². The number of nitrogens with one attached hydrogen (secondary N) is 1. The molecule has 1 amide bonds. The third-order valence-electron chi connectivity index (χ3n) is 3.74. The van der Waals surface area contributed by atoms with Crippen LogP contribution in [0.15, 0.2) is 18.2 Å². The van der Waals surface area contributed by atoms with E-state index in [-0.39, 0.29) is 5.91 Å². The van der Waals surface area contributed by atoms with Crippen molar-refractivity contribution in [2.45, 2.75) is 39.5 Å². The van der Waals surface area contributed by atoms with E-state index >= 15 is 0 Å². The maximum Gasteiger partial charge on any atom is 0.251 e. The third-order valence-corrected chi connectivity index (χ3v) is 3.74. The Hall–Kier alpha value is -1.71. The highest BCUT2D eigenvalue weighted by atomic mass is 16.5. The lowest BCUT2D eigenvalue weighted by Gasteiger charge is -2.15. The molecular formula is C17H27NO3. The number of methoxy groups -OCH3 is 2. The lowest BCUT2D eigenvalue weighted by atomic mass is 9.99. The fourth-order valence-corrected chi connectivity index (χ4v) is 2.26. The first kappa shape index (κ1) is 17.3. The van der Waals surface area contributed by atoms with E-state index in [1.165, 1.54) is 19.3 Å². The highest BCUT2D eigenvalue weighted by Crippen LogP contribution is 2.27. The van der Waals surface area contributed by atoms with E-state index < -0.39 is 0 Å². The summed E-state index contributed by atoms with van der Waals surface area (Å²) >= 11 is 0. The minimum atomic E-state index is -0.0640. The lowest BCUT2D eigenvalue weighted by Crippen LogP contribution is -2.29. The molecule has 0 aromatic heterocycles. The molecule has 0 saturated heterocycles. The molecule has 0 spiro atoms. The average Bonchev–Trinajstić information content (AvgIpc) is 2.54. The summed E-state index contributed by atoms with van der Waals surface area (Å²) in [6.07, 6.45) is 4.66. The number of hydrogen-bond donors (Lipinski definition) is 1. The van der Waals surface area contributed by atoms with Gasteiger partial charge in [-0.05, 0) is 30.5 Å². The van der Waals surface area contributed by atoms with Crippen molar-refractivity contribution >= 4 is 5.91 Å². The molecule has 1 aromatic rings. The van der Waals surface area contributed by atoms with Crippen LogP contribution in [-0.2, 0) is 0 Å². The van der Waals surface area contributed by atoms with Crippen molar-refractivity contribution < 1.29 is 14.3 Å². The van der Waals surface area contributed by atoms with Gasteiger partial charge >= 0.3 is 0 Å². The molecule has 0 aliphatic heterocycles. The number of carbonyl (C=O) groups is 1. The van der Waals surface area contributed by atoms with Crippen LogP contribution in [0.3, 0.4) is 0 Å². The molecule has 1 aromatic carbocycles. The highest BCUT2D eigenvalue weighted by Gasteiger charge is 2.12. The number of carbonyl (C=O) groups excluding carboxylic acids is 1. The number of hydrogen-bond acceptors (Lipinski definition) is 3. The molecule has 0 bridgehead atoms. The predicted octanol–water partition coefficient (Wildman–Crippen LogP) is 3.65. The Morgan fingerprint density at radius 3 is 2.48 bits per heavy atom. The molecule has 0 fully saturated rings. The van der Waals surface area contributed by atoms with Gasteiger partial charge in [0.25, 0.3) is 5.91 Å². The minimum absolute atomic E-state index is 0.0640. The number of ether oxygens (including phenoxy) is 2. The summed E-state index contributed by atoms with van der Waals surface area (Å²) in [6.45, 7) is 5.08. The number of unbranched alkanes of at least 4 members (excludes halogenated alkanes) is 1. The quantitative estimate of drug-likeness (QED) is 0.756. The van der Waals surface area contributed by atoms with Gasteiger partial charge in [-0.25, -0.2) is 0 Å². The Balaban J connectivity index is 2.62. The summed E-state index contributed by atoms with van der Waals surface area (Å²) < 4.78 is 10.4. The standard InChI is InChI=1S/C17H27NO3/c1-5-7-8-13(6-2)12-18-17(19)14-9-10-15(20-3)16(11-14)21-4/h9-11,13H,5-8,12H2,1-4H3,(H,18,19)/t13-/m0/s1. The molecule has 1 rings (SSSR count). The topological polar surface area (TPSA) is 47.6 Å². The van der Waals surface area contributed by atoms with Gasteiger partial charge in [-0.1, -0.05) is 33.1 Å². The molecule has 118 valence electrons. The maximum atomic E-state index is 12.2. The van der Waals surface area contributed by atoms with Gasteiger partial charge in [-0.2, -0.15) is 0 Å². The van der Waals surface area contributed by atoms with Crippen LogP contribution >= 0.6 is 0 Å². The lowest BCUT2D eigenvalue weighted by molar-refractivity contribution is 0.0945. The summed E-state index contributed by atoms with van der Waals surface area (Å²) in [7, 11) is 3.15. The largest absolute Gasteiger partial charge is 0.493 e. The second-order valence-electron chi connectivity index (χ2n) is 5.20. The zero-order valence-electron chi connectivity index (χ0n) is 13.6. The highest BCUT2D eigenvalue weighted by molar-refractivity contribution is 5.94. The fourth-order valence-electron chi connectivity index (χ4n) is 2.26. The van der Waals surface area contributed by atoms with Crippen molar-refractivity contribution in [1.29, 1.82) is 0 Å². The van der Waals surface area contributed by atoms with E-state index in [1.807, 2.05) is 0 Å². The van der Waals surface area contributed by atoms with E-state index in [0.717, 1.165) is 13.0 Å². The Morgan fingerprint density at radius 1 is 1.19 bits per heavy atom. The molecule has 0 unspecified atom stereocenters. The Morgan fingerprint density at radius 2 is 1.90 bits per heavy atom. The van der Waals surface area contributed by atoms with Gasteiger partial charge in [0.05, 0.1) is 14.2 Å². The molecule has 21 heavy (non-hydrogen) atoms. The van der Waals surface area contributed by atoms with Gasteiger partial charge in [0.2, 0.25) is 0 Å². The zero-order valence-corrected chi connectivity index (χ0v) is 13.6. The molecular weight excluding hydrogens is 266 g/mol. The van der Waals surface area contributed by atoms with Crippen LogP contribution in [0.25, 0.3) is 0 Å². The third kappa shape index (κ3) is 5.29. The van der Waals surface area contributed by atoms with Gasteiger partial charge in [0, 0.05) is 12.1 Å². The van der Waals surface area contributed by atoms with E-state index in [0.29, 0.717) is 23.0 Å². The molecule has 1 atom stereocenters. The van der Waals surface area contributed by atoms with E-state index in [4.69, 9.17) is 9.47 Å². The molecule has 0 radical (unpaired) electrons. The van der Waals surface area contributed by atoms with Crippen LogP contribution < -0.4 is 14.8 Å². The summed E-state index contributed by atoms with van der Waals surface area (Å²) in [5, 5.41) is 3.01. The second kappa shape index (κ2) is 9.27. The molecule has 4 nitrogen and oxygen atoms in total. The number of amides is 1. The first-order valence-corrected chi connectivity index (χ1v) is 7.66. The van der Waals surface area contributed by atoms with Crippen molar-refractivity contribution in [3.63, 3.8) is 0 Å². The minimum Gasteiger partial charge on any atom is -0.493 e. The Labute approximate surface area is 127 Å². The Kier molecular flexibility index (Phi) is 7.65. The van der Waals surface area contributed by atoms with Crippen LogP contribution in [-0.4, -0.2) is 26.7 Å². The van der Waals surface area contributed by atoms with Crippen LogP contribution in [0.5, 0.6) is 11.5 Å². The van der Waals surface area contributed by atoms with Gasteiger partial charge in [-0.15, -0.1) is 0 Å². The smallest absolute Gasteiger partial charge is 0.251 e. The fraction of sp³-hybridized carbons (Fsp3) is 0.588. The first-order valence-electron chi connectivity index (χ1n) is 7.66. The zero-order chi connectivity index (χ0) is 15.7. The maximum absolute atomic E-state index is 12.2. The number of benzene rings is 1. The van der Waals surface area contributed by atoms with Crippen molar-refractivity contribution in [3.8, 4) is 11.5 Å². The van der Waals surface area contributed by atoms with Crippen molar-refractivity contribution in [1.82, 2.24) is 5.32 Å². The van der Waals surface area contributed by atoms with Crippen LogP contribution in [0.4, 0.5) is 0 Å². The molecule has 1 N–H and O–H groups in total. The van der Waals surface area contributed by atoms with E-state index in [1.54, 1.807) is 32.4 Å². The summed E-state index contributed by atoms with van der Waals surface area (Å²) in [5.41, 5.74) is 0.595. The SMILES string of the molecule is CCCC[C@H](CC)CNC(=O)c1ccc(OC)c(OC)c1. The molecule has 0 aliphatic carbocycles. The number of rotatable bonds is 9. The predicted molar refractivity (Wildman–Crippen MR) is 85.2 cm³/mol. The molecule has 0 saturated carbocycles. The van der Waals surface area contributed by atoms with Crippen LogP contribution in [0, 0.1) is 5.92 Å². The summed E-state index contributed by atoms with van der Waals surface area (Å²) in [4.78, 5) is 12.2. The Bertz CT molecular complexity index is 446. The monoisotopic (exact) mass is 293 g/mol. The summed E-state index contributed by atoms with van der Waals surface area (Å²) in [6, 6.07) is 5.22. The van der Waals surface area contributed by atoms with Gasteiger partial charge < -0.3 is 14.8 Å². The van der Waals surface area contributed by atoms with Gasteiger partial charge in [0.1, 0.15) is 0 Å². The molecule has 4 heteroatoms. The molecule has 0 heterocycles. The van der Waals surface area contributed by atoms with Crippen molar-refractivity contribution in [3.05, 3.63) is 23.8 Å². The van der Waals surface area contributed by atoms with Crippen LogP contribution in [0.2, 0.25) is 0 Å². The normalized spacial score (nSPS) is 11.8.